The van der Waals surface area contributed by atoms with Crippen LogP contribution in [0.15, 0.2) is 29.3 Å². The van der Waals surface area contributed by atoms with Crippen molar-refractivity contribution in [1.29, 1.82) is 0 Å². The maximum Gasteiger partial charge on any atom is 0.269 e. The maximum absolute atomic E-state index is 12.1. The zero-order chi connectivity index (χ0) is 22.9. The average molecular weight is 447 g/mol. The molecule has 10 heteroatoms. The number of aliphatic imine (C=N–C) groups is 1. The number of nitro groups is 1. The van der Waals surface area contributed by atoms with E-state index in [-0.39, 0.29) is 23.7 Å². The highest BCUT2D eigenvalue weighted by molar-refractivity contribution is 5.80. The summed E-state index contributed by atoms with van der Waals surface area (Å²) in [6.45, 7) is 9.38. The smallest absolute Gasteiger partial charge is 0.269 e. The summed E-state index contributed by atoms with van der Waals surface area (Å²) in [5, 5.41) is 17.3. The van der Waals surface area contributed by atoms with Crippen LogP contribution >= 0.6 is 0 Å². The molecule has 0 spiro atoms. The fourth-order valence-corrected chi connectivity index (χ4v) is 3.86. The van der Waals surface area contributed by atoms with E-state index in [2.05, 4.69) is 20.4 Å². The molecule has 2 aliphatic rings. The van der Waals surface area contributed by atoms with Crippen molar-refractivity contribution < 1.29 is 14.5 Å². The second-order valence-electron chi connectivity index (χ2n) is 8.56. The van der Waals surface area contributed by atoms with E-state index in [1.807, 2.05) is 13.8 Å². The van der Waals surface area contributed by atoms with Crippen molar-refractivity contribution in [2.75, 3.05) is 45.9 Å². The minimum Gasteiger partial charge on any atom is -0.376 e. The Balaban J connectivity index is 1.58. The summed E-state index contributed by atoms with van der Waals surface area (Å²) < 4.78 is 5.73. The topological polar surface area (TPSA) is 112 Å². The number of nitro benzene ring substituents is 1. The number of carbonyl (C=O) groups excluding carboxylic acids is 1. The molecule has 2 aliphatic heterocycles. The summed E-state index contributed by atoms with van der Waals surface area (Å²) in [6, 6.07) is 6.63. The first-order valence-electron chi connectivity index (χ1n) is 11.3. The summed E-state index contributed by atoms with van der Waals surface area (Å²) in [5.74, 6) is 0.863. The Morgan fingerprint density at radius 2 is 1.97 bits per heavy atom. The van der Waals surface area contributed by atoms with Gasteiger partial charge in [-0.2, -0.15) is 0 Å². The van der Waals surface area contributed by atoms with Crippen LogP contribution in [0.1, 0.15) is 32.3 Å². The highest BCUT2D eigenvalue weighted by Crippen LogP contribution is 2.14. The summed E-state index contributed by atoms with van der Waals surface area (Å²) in [5.41, 5.74) is 0.989. The van der Waals surface area contributed by atoms with Gasteiger partial charge in [-0.15, -0.1) is 0 Å². The van der Waals surface area contributed by atoms with Gasteiger partial charge in [0.05, 0.1) is 24.1 Å². The molecule has 3 rings (SSSR count). The van der Waals surface area contributed by atoms with Crippen molar-refractivity contribution in [3.63, 3.8) is 0 Å². The molecule has 0 aromatic heterocycles. The van der Waals surface area contributed by atoms with Gasteiger partial charge in [-0.1, -0.05) is 12.1 Å². The van der Waals surface area contributed by atoms with Gasteiger partial charge in [0, 0.05) is 57.5 Å². The number of nitrogens with zero attached hydrogens (tertiary/aromatic N) is 4. The Morgan fingerprint density at radius 1 is 1.25 bits per heavy atom. The normalized spacial score (nSPS) is 19.9. The summed E-state index contributed by atoms with van der Waals surface area (Å²) in [7, 11) is 0. The van der Waals surface area contributed by atoms with Crippen LogP contribution in [0, 0.1) is 10.1 Å². The predicted molar refractivity (Wildman–Crippen MR) is 123 cm³/mol. The quantitative estimate of drug-likeness (QED) is 0.268. The number of carbonyl (C=O) groups is 1. The number of rotatable bonds is 8. The van der Waals surface area contributed by atoms with Gasteiger partial charge in [0.15, 0.2) is 5.96 Å². The molecular weight excluding hydrogens is 412 g/mol. The first-order chi connectivity index (χ1) is 15.4. The molecule has 0 aliphatic carbocycles. The van der Waals surface area contributed by atoms with Crippen molar-refractivity contribution in [3.8, 4) is 0 Å². The third kappa shape index (κ3) is 7.45. The lowest BCUT2D eigenvalue weighted by Crippen LogP contribution is -2.55. The van der Waals surface area contributed by atoms with Gasteiger partial charge >= 0.3 is 0 Å². The zero-order valence-corrected chi connectivity index (χ0v) is 19.0. The molecule has 1 atom stereocenters. The Morgan fingerprint density at radius 3 is 2.56 bits per heavy atom. The van der Waals surface area contributed by atoms with Gasteiger partial charge in [-0.3, -0.25) is 19.8 Å². The monoisotopic (exact) mass is 446 g/mol. The van der Waals surface area contributed by atoms with Crippen LogP contribution < -0.4 is 10.6 Å². The first kappa shape index (κ1) is 23.9. The number of hydrogen-bond acceptors (Lipinski definition) is 6. The van der Waals surface area contributed by atoms with Gasteiger partial charge in [-0.25, -0.2) is 4.99 Å². The van der Waals surface area contributed by atoms with Crippen LogP contribution in [0.2, 0.25) is 0 Å². The molecule has 32 heavy (non-hydrogen) atoms. The Labute approximate surface area is 189 Å². The number of non-ortho nitro benzene ring substituents is 1. The Hall–Kier alpha value is -2.72. The highest BCUT2D eigenvalue weighted by Gasteiger charge is 2.23. The summed E-state index contributed by atoms with van der Waals surface area (Å²) in [4.78, 5) is 31.7. The fraction of sp³-hybridized carbons (Fsp3) is 0.636. The van der Waals surface area contributed by atoms with Gasteiger partial charge < -0.3 is 20.3 Å². The molecule has 0 radical (unpaired) electrons. The van der Waals surface area contributed by atoms with E-state index in [0.717, 1.165) is 57.2 Å². The lowest BCUT2D eigenvalue weighted by atomic mass is 10.2. The molecule has 0 bridgehead atoms. The minimum atomic E-state index is -0.400. The molecule has 1 aromatic rings. The molecule has 2 fully saturated rings. The largest absolute Gasteiger partial charge is 0.376 e. The van der Waals surface area contributed by atoms with E-state index in [0.29, 0.717) is 19.6 Å². The molecule has 10 nitrogen and oxygen atoms in total. The predicted octanol–water partition coefficient (Wildman–Crippen LogP) is 1.36. The van der Waals surface area contributed by atoms with E-state index in [4.69, 9.17) is 9.73 Å². The van der Waals surface area contributed by atoms with E-state index >= 15 is 0 Å². The van der Waals surface area contributed by atoms with Crippen molar-refractivity contribution >= 4 is 17.6 Å². The van der Waals surface area contributed by atoms with Crippen LogP contribution in [-0.4, -0.2) is 84.6 Å². The number of amides is 1. The minimum absolute atomic E-state index is 0.0528. The molecule has 2 heterocycles. The summed E-state index contributed by atoms with van der Waals surface area (Å²) in [6.07, 6.45) is 2.32. The van der Waals surface area contributed by atoms with Crippen LogP contribution in [0.4, 0.5) is 5.69 Å². The van der Waals surface area contributed by atoms with Crippen molar-refractivity contribution in [3.05, 3.63) is 39.9 Å². The van der Waals surface area contributed by atoms with Gasteiger partial charge in [0.1, 0.15) is 0 Å². The standard InChI is InChI=1S/C22H34N6O4/c1-17(2)25-21(29)16-26-9-11-27(12-10-26)22(24-15-20-4-3-13-32-20)23-14-18-5-7-19(8-6-18)28(30)31/h5-8,17,20H,3-4,9-16H2,1-2H3,(H,23,24)(H,25,29). The van der Waals surface area contributed by atoms with Crippen LogP contribution in [0.3, 0.4) is 0 Å². The van der Waals surface area contributed by atoms with Gasteiger partial charge in [0.2, 0.25) is 5.91 Å². The molecule has 0 saturated carbocycles. The number of guanidine groups is 1. The number of benzene rings is 1. The van der Waals surface area contributed by atoms with Gasteiger partial charge in [-0.05, 0) is 32.3 Å². The van der Waals surface area contributed by atoms with Crippen molar-refractivity contribution in [2.45, 2.75) is 45.4 Å². The molecular formula is C22H34N6O4. The number of piperazine rings is 1. The van der Waals surface area contributed by atoms with E-state index in [9.17, 15) is 14.9 Å². The molecule has 2 saturated heterocycles. The number of hydrogen-bond donors (Lipinski definition) is 2. The molecule has 1 unspecified atom stereocenters. The SMILES string of the molecule is CC(C)NC(=O)CN1CCN(C(=NCc2ccc([N+](=O)[O-])cc2)NCC2CCCO2)CC1. The molecule has 2 N–H and O–H groups in total. The average Bonchev–Trinajstić information content (AvgIpc) is 3.28. The Bertz CT molecular complexity index is 784. The lowest BCUT2D eigenvalue weighted by molar-refractivity contribution is -0.384. The summed E-state index contributed by atoms with van der Waals surface area (Å²) >= 11 is 0. The second-order valence-corrected chi connectivity index (χ2v) is 8.56. The van der Waals surface area contributed by atoms with Crippen LogP contribution in [-0.2, 0) is 16.1 Å². The number of nitrogens with one attached hydrogen (secondary N) is 2. The van der Waals surface area contributed by atoms with E-state index in [1.54, 1.807) is 12.1 Å². The van der Waals surface area contributed by atoms with Crippen LogP contribution in [0.25, 0.3) is 0 Å². The van der Waals surface area contributed by atoms with E-state index < -0.39 is 4.92 Å². The second kappa shape index (κ2) is 11.8. The number of ether oxygens (including phenoxy) is 1. The lowest BCUT2D eigenvalue weighted by Gasteiger charge is -2.36. The van der Waals surface area contributed by atoms with Crippen molar-refractivity contribution in [1.82, 2.24) is 20.4 Å². The third-order valence-electron chi connectivity index (χ3n) is 5.56. The highest BCUT2D eigenvalue weighted by atomic mass is 16.6. The van der Waals surface area contributed by atoms with Gasteiger partial charge in [0.25, 0.3) is 5.69 Å². The first-order valence-corrected chi connectivity index (χ1v) is 11.3. The molecule has 1 amide bonds. The Kier molecular flexibility index (Phi) is 8.81. The molecule has 1 aromatic carbocycles. The van der Waals surface area contributed by atoms with E-state index in [1.165, 1.54) is 12.1 Å². The maximum atomic E-state index is 12.1. The van der Waals surface area contributed by atoms with Crippen LogP contribution in [0.5, 0.6) is 0 Å². The molecule has 176 valence electrons. The fourth-order valence-electron chi connectivity index (χ4n) is 3.86. The third-order valence-corrected chi connectivity index (χ3v) is 5.56. The zero-order valence-electron chi connectivity index (χ0n) is 19.0. The van der Waals surface area contributed by atoms with Crippen molar-refractivity contribution in [2.24, 2.45) is 4.99 Å².